The molecule has 1 spiro atoms. The summed E-state index contributed by atoms with van der Waals surface area (Å²) in [4.78, 5) is 11.7. The number of Topliss-reactive ketones (excluding diaryl/α,β-unsaturated/α-hetero) is 1. The molecule has 0 radical (unpaired) electrons. The van der Waals surface area contributed by atoms with E-state index >= 15 is 0 Å². The molecule has 0 unspecified atom stereocenters. The fourth-order valence-corrected chi connectivity index (χ4v) is 2.33. The Kier molecular flexibility index (Phi) is 1.45. The standard InChI is InChI=1S/C10H16O2/c1-7-4-5-10(8(11)6-7)9(2,3)12-10/h7H,4-6H2,1-3H3/t7-,10+/m1/s1. The second-order valence-corrected chi connectivity index (χ2v) is 4.71. The van der Waals surface area contributed by atoms with Crippen LogP contribution in [0.4, 0.5) is 0 Å². The number of hydrogen-bond acceptors (Lipinski definition) is 2. The minimum Gasteiger partial charge on any atom is -0.355 e. The van der Waals surface area contributed by atoms with Gasteiger partial charge >= 0.3 is 0 Å². The molecule has 1 saturated heterocycles. The molecule has 0 aromatic heterocycles. The van der Waals surface area contributed by atoms with Gasteiger partial charge in [-0.3, -0.25) is 4.79 Å². The van der Waals surface area contributed by atoms with Crippen LogP contribution in [0.25, 0.3) is 0 Å². The zero-order chi connectivity index (χ0) is 8.98. The van der Waals surface area contributed by atoms with Crippen molar-refractivity contribution in [1.82, 2.24) is 0 Å². The van der Waals surface area contributed by atoms with Crippen molar-refractivity contribution in [1.29, 1.82) is 0 Å². The van der Waals surface area contributed by atoms with E-state index in [-0.39, 0.29) is 11.2 Å². The van der Waals surface area contributed by atoms with Crippen LogP contribution in [0.5, 0.6) is 0 Å². The molecule has 1 aliphatic carbocycles. The third-order valence-corrected chi connectivity index (χ3v) is 3.33. The number of hydrogen-bond donors (Lipinski definition) is 0. The fraction of sp³-hybridized carbons (Fsp3) is 0.900. The van der Waals surface area contributed by atoms with E-state index in [2.05, 4.69) is 6.92 Å². The molecular weight excluding hydrogens is 152 g/mol. The first-order valence-corrected chi connectivity index (χ1v) is 4.71. The van der Waals surface area contributed by atoms with Crippen molar-refractivity contribution in [2.24, 2.45) is 5.92 Å². The minimum atomic E-state index is -0.375. The van der Waals surface area contributed by atoms with Gasteiger partial charge < -0.3 is 4.74 Å². The Hall–Kier alpha value is -0.370. The van der Waals surface area contributed by atoms with E-state index in [0.29, 0.717) is 18.1 Å². The Morgan fingerprint density at radius 1 is 1.50 bits per heavy atom. The summed E-state index contributed by atoms with van der Waals surface area (Å²) < 4.78 is 5.54. The SMILES string of the molecule is C[C@@H]1CC[C@]2(OC2(C)C)C(=O)C1. The lowest BCUT2D eigenvalue weighted by Gasteiger charge is -2.23. The predicted octanol–water partition coefficient (Wildman–Crippen LogP) is 1.92. The largest absolute Gasteiger partial charge is 0.355 e. The maximum atomic E-state index is 11.7. The Balaban J connectivity index is 2.16. The van der Waals surface area contributed by atoms with Crippen LogP contribution >= 0.6 is 0 Å². The van der Waals surface area contributed by atoms with Crippen molar-refractivity contribution in [2.45, 2.75) is 51.2 Å². The summed E-state index contributed by atoms with van der Waals surface area (Å²) in [7, 11) is 0. The van der Waals surface area contributed by atoms with Crippen LogP contribution in [0, 0.1) is 5.92 Å². The molecule has 1 heterocycles. The Morgan fingerprint density at radius 3 is 2.50 bits per heavy atom. The molecule has 2 rings (SSSR count). The van der Waals surface area contributed by atoms with Gasteiger partial charge in [0.2, 0.25) is 0 Å². The van der Waals surface area contributed by atoms with Gasteiger partial charge in [0.1, 0.15) is 5.60 Å². The van der Waals surface area contributed by atoms with Crippen LogP contribution in [-0.4, -0.2) is 17.0 Å². The van der Waals surface area contributed by atoms with Crippen LogP contribution in [0.2, 0.25) is 0 Å². The minimum absolute atomic E-state index is 0.176. The molecule has 1 saturated carbocycles. The molecule has 12 heavy (non-hydrogen) atoms. The summed E-state index contributed by atoms with van der Waals surface area (Å²) in [5.41, 5.74) is -0.552. The monoisotopic (exact) mass is 168 g/mol. The molecule has 2 fully saturated rings. The van der Waals surface area contributed by atoms with Gasteiger partial charge in [0, 0.05) is 6.42 Å². The highest BCUT2D eigenvalue weighted by Crippen LogP contribution is 2.54. The summed E-state index contributed by atoms with van der Waals surface area (Å²) in [6.07, 6.45) is 2.78. The highest BCUT2D eigenvalue weighted by Gasteiger charge is 2.68. The highest BCUT2D eigenvalue weighted by molar-refractivity contribution is 5.92. The van der Waals surface area contributed by atoms with Gasteiger partial charge in [-0.2, -0.15) is 0 Å². The summed E-state index contributed by atoms with van der Waals surface area (Å²) >= 11 is 0. The highest BCUT2D eigenvalue weighted by atomic mass is 16.6. The van der Waals surface area contributed by atoms with E-state index in [1.807, 2.05) is 13.8 Å². The Morgan fingerprint density at radius 2 is 2.08 bits per heavy atom. The van der Waals surface area contributed by atoms with Crippen LogP contribution in [0.15, 0.2) is 0 Å². The smallest absolute Gasteiger partial charge is 0.167 e. The molecule has 0 amide bonds. The van der Waals surface area contributed by atoms with Crippen molar-refractivity contribution in [2.75, 3.05) is 0 Å². The van der Waals surface area contributed by atoms with Gasteiger partial charge in [0.15, 0.2) is 11.4 Å². The number of ketones is 1. The molecule has 2 aliphatic rings. The van der Waals surface area contributed by atoms with Gasteiger partial charge in [-0.25, -0.2) is 0 Å². The summed E-state index contributed by atoms with van der Waals surface area (Å²) in [5, 5.41) is 0. The van der Waals surface area contributed by atoms with Gasteiger partial charge in [-0.05, 0) is 32.6 Å². The summed E-state index contributed by atoms with van der Waals surface area (Å²) in [6, 6.07) is 0. The number of carbonyl (C=O) groups excluding carboxylic acids is 1. The normalized spacial score (nSPS) is 44.9. The van der Waals surface area contributed by atoms with Crippen LogP contribution < -0.4 is 0 Å². The maximum absolute atomic E-state index is 11.7. The zero-order valence-electron chi connectivity index (χ0n) is 8.02. The van der Waals surface area contributed by atoms with Crippen molar-refractivity contribution in [3.05, 3.63) is 0 Å². The second-order valence-electron chi connectivity index (χ2n) is 4.71. The molecule has 2 nitrogen and oxygen atoms in total. The second kappa shape index (κ2) is 2.11. The van der Waals surface area contributed by atoms with Crippen molar-refractivity contribution >= 4 is 5.78 Å². The van der Waals surface area contributed by atoms with E-state index in [4.69, 9.17) is 4.74 Å². The first kappa shape index (κ1) is 8.24. The molecular formula is C10H16O2. The van der Waals surface area contributed by atoms with E-state index in [0.717, 1.165) is 12.8 Å². The summed E-state index contributed by atoms with van der Waals surface area (Å²) in [5.74, 6) is 0.884. The quantitative estimate of drug-likeness (QED) is 0.517. The van der Waals surface area contributed by atoms with Crippen molar-refractivity contribution in [3.63, 3.8) is 0 Å². The van der Waals surface area contributed by atoms with Gasteiger partial charge in [-0.15, -0.1) is 0 Å². The molecule has 0 aromatic carbocycles. The molecule has 0 aromatic rings. The lowest BCUT2D eigenvalue weighted by molar-refractivity contribution is -0.127. The average molecular weight is 168 g/mol. The number of rotatable bonds is 0. The number of carbonyl (C=O) groups is 1. The number of epoxide rings is 1. The molecule has 1 aliphatic heterocycles. The van der Waals surface area contributed by atoms with Crippen molar-refractivity contribution < 1.29 is 9.53 Å². The summed E-state index contributed by atoms with van der Waals surface area (Å²) in [6.45, 7) is 6.17. The van der Waals surface area contributed by atoms with E-state index in [9.17, 15) is 4.79 Å². The van der Waals surface area contributed by atoms with Crippen LogP contribution in [-0.2, 0) is 9.53 Å². The van der Waals surface area contributed by atoms with Gasteiger partial charge in [0.25, 0.3) is 0 Å². The third kappa shape index (κ3) is 0.875. The lowest BCUT2D eigenvalue weighted by atomic mass is 9.76. The molecule has 0 bridgehead atoms. The Bertz CT molecular complexity index is 232. The fourth-order valence-electron chi connectivity index (χ4n) is 2.33. The Labute approximate surface area is 73.3 Å². The zero-order valence-corrected chi connectivity index (χ0v) is 8.02. The number of ether oxygens (including phenoxy) is 1. The van der Waals surface area contributed by atoms with Crippen molar-refractivity contribution in [3.8, 4) is 0 Å². The van der Waals surface area contributed by atoms with Gasteiger partial charge in [-0.1, -0.05) is 6.92 Å². The molecule has 2 atom stereocenters. The molecule has 0 N–H and O–H groups in total. The van der Waals surface area contributed by atoms with E-state index in [1.165, 1.54) is 0 Å². The van der Waals surface area contributed by atoms with Crippen LogP contribution in [0.3, 0.4) is 0 Å². The predicted molar refractivity (Wildman–Crippen MR) is 45.9 cm³/mol. The molecule has 2 heteroatoms. The molecule has 68 valence electrons. The average Bonchev–Trinajstić information content (AvgIpc) is 2.48. The van der Waals surface area contributed by atoms with Crippen LogP contribution in [0.1, 0.15) is 40.0 Å². The third-order valence-electron chi connectivity index (χ3n) is 3.33. The van der Waals surface area contributed by atoms with E-state index in [1.54, 1.807) is 0 Å². The topological polar surface area (TPSA) is 29.6 Å². The first-order valence-electron chi connectivity index (χ1n) is 4.71. The maximum Gasteiger partial charge on any atom is 0.167 e. The lowest BCUT2D eigenvalue weighted by Crippen LogP contribution is -2.36. The van der Waals surface area contributed by atoms with Gasteiger partial charge in [0.05, 0.1) is 0 Å². The van der Waals surface area contributed by atoms with E-state index < -0.39 is 0 Å². The first-order chi connectivity index (χ1) is 5.48.